The van der Waals surface area contributed by atoms with Crippen molar-refractivity contribution in [3.8, 4) is 0 Å². The number of ether oxygens (including phenoxy) is 2. The van der Waals surface area contributed by atoms with Crippen LogP contribution in [0.3, 0.4) is 0 Å². The average Bonchev–Trinajstić information content (AvgIpc) is 2.16. The van der Waals surface area contributed by atoms with Gasteiger partial charge in [0, 0.05) is 27.3 Å². The van der Waals surface area contributed by atoms with Gasteiger partial charge in [-0.25, -0.2) is 0 Å². The van der Waals surface area contributed by atoms with E-state index in [2.05, 4.69) is 10.6 Å². The van der Waals surface area contributed by atoms with Crippen LogP contribution in [0.25, 0.3) is 0 Å². The lowest BCUT2D eigenvalue weighted by atomic mass is 10.4. The Morgan fingerprint density at radius 3 is 1.62 bits per heavy atom. The molecule has 0 spiro atoms. The quantitative estimate of drug-likeness (QED) is 0.470. The van der Waals surface area contributed by atoms with E-state index in [0.29, 0.717) is 0 Å². The predicted octanol–water partition coefficient (Wildman–Crippen LogP) is -0.151. The molecular weight excluding hydrogens is 168 g/mol. The van der Waals surface area contributed by atoms with E-state index in [0.717, 1.165) is 45.8 Å². The van der Waals surface area contributed by atoms with Gasteiger partial charge >= 0.3 is 0 Å². The van der Waals surface area contributed by atoms with E-state index in [1.807, 2.05) is 0 Å². The number of hydrogen-bond acceptors (Lipinski definition) is 4. The van der Waals surface area contributed by atoms with Crippen LogP contribution in [-0.2, 0) is 9.47 Å². The first-order chi connectivity index (χ1) is 6.41. The third kappa shape index (κ3) is 11.8. The van der Waals surface area contributed by atoms with Gasteiger partial charge < -0.3 is 20.1 Å². The molecule has 0 atom stereocenters. The van der Waals surface area contributed by atoms with Gasteiger partial charge in [-0.05, 0) is 19.5 Å². The summed E-state index contributed by atoms with van der Waals surface area (Å²) in [6, 6.07) is 0. The summed E-state index contributed by atoms with van der Waals surface area (Å²) < 4.78 is 9.81. The van der Waals surface area contributed by atoms with Crippen LogP contribution in [0.4, 0.5) is 0 Å². The molecule has 80 valence electrons. The van der Waals surface area contributed by atoms with Crippen LogP contribution < -0.4 is 10.6 Å². The molecule has 0 saturated carbocycles. The van der Waals surface area contributed by atoms with Crippen LogP contribution in [-0.4, -0.2) is 53.6 Å². The molecule has 0 aromatic heterocycles. The summed E-state index contributed by atoms with van der Waals surface area (Å²) in [5, 5.41) is 6.56. The van der Waals surface area contributed by atoms with Crippen LogP contribution in [0, 0.1) is 0 Å². The Morgan fingerprint density at radius 2 is 1.23 bits per heavy atom. The molecule has 0 aromatic carbocycles. The Bertz CT molecular complexity index is 81.7. The molecule has 0 amide bonds. The van der Waals surface area contributed by atoms with E-state index >= 15 is 0 Å². The molecule has 0 heterocycles. The molecule has 0 aliphatic heterocycles. The summed E-state index contributed by atoms with van der Waals surface area (Å²) >= 11 is 0. The smallest absolute Gasteiger partial charge is 0.0587 e. The van der Waals surface area contributed by atoms with Gasteiger partial charge in [0.2, 0.25) is 0 Å². The van der Waals surface area contributed by atoms with Crippen LogP contribution in [0.1, 0.15) is 6.42 Å². The van der Waals surface area contributed by atoms with Crippen molar-refractivity contribution in [1.29, 1.82) is 0 Å². The lowest BCUT2D eigenvalue weighted by Crippen LogP contribution is -2.26. The fourth-order valence-corrected chi connectivity index (χ4v) is 0.937. The fraction of sp³-hybridized carbons (Fsp3) is 1.00. The molecule has 13 heavy (non-hydrogen) atoms. The van der Waals surface area contributed by atoms with Crippen LogP contribution in [0.5, 0.6) is 0 Å². The van der Waals surface area contributed by atoms with Crippen LogP contribution in [0.15, 0.2) is 0 Å². The number of methoxy groups -OCH3 is 2. The monoisotopic (exact) mass is 190 g/mol. The highest BCUT2D eigenvalue weighted by Gasteiger charge is 1.88. The highest BCUT2D eigenvalue weighted by Crippen LogP contribution is 1.74. The third-order valence-electron chi connectivity index (χ3n) is 1.67. The van der Waals surface area contributed by atoms with Gasteiger partial charge in [-0.3, -0.25) is 0 Å². The molecule has 4 heteroatoms. The second kappa shape index (κ2) is 11.8. The Balaban J connectivity index is 2.76. The number of rotatable bonds is 10. The van der Waals surface area contributed by atoms with E-state index in [9.17, 15) is 0 Å². The van der Waals surface area contributed by atoms with Gasteiger partial charge in [-0.15, -0.1) is 0 Å². The van der Waals surface area contributed by atoms with Gasteiger partial charge in [0.05, 0.1) is 13.2 Å². The first-order valence-electron chi connectivity index (χ1n) is 4.81. The summed E-state index contributed by atoms with van der Waals surface area (Å²) in [6.45, 7) is 5.55. The van der Waals surface area contributed by atoms with E-state index in [1.165, 1.54) is 0 Å². The molecule has 2 N–H and O–H groups in total. The van der Waals surface area contributed by atoms with Crippen molar-refractivity contribution in [2.24, 2.45) is 0 Å². The van der Waals surface area contributed by atoms with Crippen molar-refractivity contribution < 1.29 is 9.47 Å². The van der Waals surface area contributed by atoms with Gasteiger partial charge in [0.15, 0.2) is 0 Å². The normalized spacial score (nSPS) is 10.6. The zero-order chi connectivity index (χ0) is 9.78. The second-order valence-corrected chi connectivity index (χ2v) is 2.84. The van der Waals surface area contributed by atoms with E-state index < -0.39 is 0 Å². The molecule has 0 rings (SSSR count). The van der Waals surface area contributed by atoms with Gasteiger partial charge in [0.1, 0.15) is 0 Å². The fourth-order valence-electron chi connectivity index (χ4n) is 0.937. The highest BCUT2D eigenvalue weighted by molar-refractivity contribution is 4.50. The Labute approximate surface area is 81.0 Å². The number of hydrogen-bond donors (Lipinski definition) is 2. The number of nitrogens with one attached hydrogen (secondary N) is 2. The van der Waals surface area contributed by atoms with Crippen molar-refractivity contribution >= 4 is 0 Å². The maximum Gasteiger partial charge on any atom is 0.0587 e. The molecule has 0 bridgehead atoms. The molecule has 0 saturated heterocycles. The zero-order valence-corrected chi connectivity index (χ0v) is 8.77. The topological polar surface area (TPSA) is 42.5 Å². The molecule has 0 unspecified atom stereocenters. The maximum absolute atomic E-state index is 4.91. The Morgan fingerprint density at radius 1 is 0.769 bits per heavy atom. The lowest BCUT2D eigenvalue weighted by Gasteiger charge is -2.05. The van der Waals surface area contributed by atoms with Crippen molar-refractivity contribution in [2.75, 3.05) is 53.6 Å². The largest absolute Gasteiger partial charge is 0.383 e. The van der Waals surface area contributed by atoms with Crippen molar-refractivity contribution in [1.82, 2.24) is 10.6 Å². The maximum atomic E-state index is 4.91. The Kier molecular flexibility index (Phi) is 11.7. The molecule has 0 fully saturated rings. The minimum absolute atomic E-state index is 0.789. The molecule has 4 nitrogen and oxygen atoms in total. The second-order valence-electron chi connectivity index (χ2n) is 2.84. The SMILES string of the molecule is COCCNCCCNCCOC. The van der Waals surface area contributed by atoms with Crippen molar-refractivity contribution in [2.45, 2.75) is 6.42 Å². The molecular formula is C9H22N2O2. The van der Waals surface area contributed by atoms with Crippen molar-refractivity contribution in [3.63, 3.8) is 0 Å². The van der Waals surface area contributed by atoms with Crippen LogP contribution >= 0.6 is 0 Å². The van der Waals surface area contributed by atoms with E-state index in [-0.39, 0.29) is 0 Å². The molecule has 0 aromatic rings. The van der Waals surface area contributed by atoms with Crippen molar-refractivity contribution in [3.05, 3.63) is 0 Å². The zero-order valence-electron chi connectivity index (χ0n) is 8.77. The third-order valence-corrected chi connectivity index (χ3v) is 1.67. The molecule has 0 aliphatic rings. The summed E-state index contributed by atoms with van der Waals surface area (Å²) in [6.07, 6.45) is 1.15. The first kappa shape index (κ1) is 12.8. The minimum Gasteiger partial charge on any atom is -0.383 e. The van der Waals surface area contributed by atoms with Gasteiger partial charge in [-0.1, -0.05) is 0 Å². The van der Waals surface area contributed by atoms with E-state index in [1.54, 1.807) is 14.2 Å². The summed E-state index contributed by atoms with van der Waals surface area (Å²) in [4.78, 5) is 0. The highest BCUT2D eigenvalue weighted by atomic mass is 16.5. The molecule has 0 radical (unpaired) electrons. The average molecular weight is 190 g/mol. The Hall–Kier alpha value is -0.160. The summed E-state index contributed by atoms with van der Waals surface area (Å²) in [7, 11) is 3.43. The summed E-state index contributed by atoms with van der Waals surface area (Å²) in [5.41, 5.74) is 0. The van der Waals surface area contributed by atoms with Gasteiger partial charge in [-0.2, -0.15) is 0 Å². The molecule has 0 aliphatic carbocycles. The minimum atomic E-state index is 0.789. The first-order valence-corrected chi connectivity index (χ1v) is 4.81. The lowest BCUT2D eigenvalue weighted by molar-refractivity contribution is 0.197. The van der Waals surface area contributed by atoms with E-state index in [4.69, 9.17) is 9.47 Å². The van der Waals surface area contributed by atoms with Gasteiger partial charge in [0.25, 0.3) is 0 Å². The predicted molar refractivity (Wildman–Crippen MR) is 54.1 cm³/mol. The standard InChI is InChI=1S/C9H22N2O2/c1-12-8-6-10-4-3-5-11-7-9-13-2/h10-11H,3-9H2,1-2H3. The van der Waals surface area contributed by atoms with Crippen LogP contribution in [0.2, 0.25) is 0 Å². The summed E-state index contributed by atoms with van der Waals surface area (Å²) in [5.74, 6) is 0.